The van der Waals surface area contributed by atoms with E-state index in [1.54, 1.807) is 6.07 Å². The van der Waals surface area contributed by atoms with E-state index in [0.29, 0.717) is 16.5 Å². The van der Waals surface area contributed by atoms with E-state index in [2.05, 4.69) is 11.8 Å². The Morgan fingerprint density at radius 1 is 1.50 bits per heavy atom. The summed E-state index contributed by atoms with van der Waals surface area (Å²) in [6, 6.07) is 5.48. The van der Waals surface area contributed by atoms with E-state index in [0.717, 1.165) is 25.2 Å². The second-order valence-electron chi connectivity index (χ2n) is 4.87. The van der Waals surface area contributed by atoms with Crippen LogP contribution in [0.15, 0.2) is 18.2 Å². The average molecular weight is 268 g/mol. The van der Waals surface area contributed by atoms with Gasteiger partial charge in [0.15, 0.2) is 0 Å². The minimum atomic E-state index is -0.497. The third kappa shape index (κ3) is 2.44. The van der Waals surface area contributed by atoms with Crippen LogP contribution in [0.25, 0.3) is 0 Å². The Labute approximate surface area is 112 Å². The van der Waals surface area contributed by atoms with Crippen molar-refractivity contribution in [3.05, 3.63) is 28.8 Å². The summed E-state index contributed by atoms with van der Waals surface area (Å²) in [5.74, 6) is 0.000237. The molecule has 1 amide bonds. The number of halogens is 1. The van der Waals surface area contributed by atoms with Gasteiger partial charge in [-0.05, 0) is 24.5 Å². The Morgan fingerprint density at radius 3 is 2.83 bits per heavy atom. The summed E-state index contributed by atoms with van der Waals surface area (Å²) in [6.07, 6.45) is 1.01. The van der Waals surface area contributed by atoms with Gasteiger partial charge in [-0.2, -0.15) is 0 Å². The molecule has 0 spiro atoms. The van der Waals surface area contributed by atoms with Gasteiger partial charge in [0.2, 0.25) is 0 Å². The van der Waals surface area contributed by atoms with Crippen LogP contribution in [-0.4, -0.2) is 25.0 Å². The summed E-state index contributed by atoms with van der Waals surface area (Å²) in [4.78, 5) is 13.6. The SMILES string of the molecule is CC1CCN(c2cccc(Cl)c2C(N)=O)CC1N. The summed E-state index contributed by atoms with van der Waals surface area (Å²) >= 11 is 6.05. The molecule has 0 saturated carbocycles. The predicted molar refractivity (Wildman–Crippen MR) is 73.9 cm³/mol. The fourth-order valence-electron chi connectivity index (χ4n) is 2.34. The molecule has 4 nitrogen and oxygen atoms in total. The predicted octanol–water partition coefficient (Wildman–Crippen LogP) is 1.61. The zero-order valence-corrected chi connectivity index (χ0v) is 11.2. The van der Waals surface area contributed by atoms with Gasteiger partial charge in [0.05, 0.1) is 16.3 Å². The molecule has 2 unspecified atom stereocenters. The van der Waals surface area contributed by atoms with Crippen LogP contribution in [0.1, 0.15) is 23.7 Å². The Balaban J connectivity index is 2.34. The van der Waals surface area contributed by atoms with Crippen molar-refractivity contribution >= 4 is 23.2 Å². The molecule has 1 saturated heterocycles. The average Bonchev–Trinajstić information content (AvgIpc) is 2.32. The molecule has 0 bridgehead atoms. The topological polar surface area (TPSA) is 72.3 Å². The first kappa shape index (κ1) is 13.2. The molecular weight excluding hydrogens is 250 g/mol. The van der Waals surface area contributed by atoms with Gasteiger partial charge in [0.1, 0.15) is 0 Å². The third-order valence-corrected chi connectivity index (χ3v) is 3.91. The normalized spacial score (nSPS) is 24.1. The minimum Gasteiger partial charge on any atom is -0.369 e. The van der Waals surface area contributed by atoms with Gasteiger partial charge in [0.25, 0.3) is 5.91 Å². The van der Waals surface area contributed by atoms with Gasteiger partial charge in [-0.25, -0.2) is 0 Å². The fraction of sp³-hybridized carbons (Fsp3) is 0.462. The molecule has 5 heteroatoms. The third-order valence-electron chi connectivity index (χ3n) is 3.60. The molecule has 2 atom stereocenters. The van der Waals surface area contributed by atoms with E-state index >= 15 is 0 Å². The number of carbonyl (C=O) groups excluding carboxylic acids is 1. The van der Waals surface area contributed by atoms with E-state index < -0.39 is 5.91 Å². The highest BCUT2D eigenvalue weighted by molar-refractivity contribution is 6.34. The Hall–Kier alpha value is -1.26. The molecule has 98 valence electrons. The minimum absolute atomic E-state index is 0.110. The lowest BCUT2D eigenvalue weighted by Crippen LogP contribution is -2.48. The standard InChI is InChI=1S/C13H18ClN3O/c1-8-5-6-17(7-10(8)15)11-4-2-3-9(14)12(11)13(16)18/h2-4,8,10H,5-7,15H2,1H3,(H2,16,18). The molecule has 0 aromatic heterocycles. The Morgan fingerprint density at radius 2 is 2.22 bits per heavy atom. The van der Waals surface area contributed by atoms with Crippen LogP contribution in [0, 0.1) is 5.92 Å². The molecule has 1 heterocycles. The van der Waals surface area contributed by atoms with Gasteiger partial charge in [0, 0.05) is 19.1 Å². The molecule has 18 heavy (non-hydrogen) atoms. The van der Waals surface area contributed by atoms with E-state index in [1.165, 1.54) is 0 Å². The first-order chi connectivity index (χ1) is 8.50. The number of nitrogens with two attached hydrogens (primary N) is 2. The molecule has 1 aromatic rings. The summed E-state index contributed by atoms with van der Waals surface area (Å²) in [7, 11) is 0. The smallest absolute Gasteiger partial charge is 0.252 e. The molecule has 1 fully saturated rings. The number of rotatable bonds is 2. The van der Waals surface area contributed by atoms with Crippen LogP contribution >= 0.6 is 11.6 Å². The van der Waals surface area contributed by atoms with Crippen LogP contribution in [-0.2, 0) is 0 Å². The number of amides is 1. The number of piperidine rings is 1. The summed E-state index contributed by atoms with van der Waals surface area (Å²) in [5.41, 5.74) is 12.7. The van der Waals surface area contributed by atoms with Crippen LogP contribution in [0.4, 0.5) is 5.69 Å². The van der Waals surface area contributed by atoms with Gasteiger partial charge >= 0.3 is 0 Å². The number of hydrogen-bond donors (Lipinski definition) is 2. The van der Waals surface area contributed by atoms with Crippen molar-refractivity contribution in [3.8, 4) is 0 Å². The van der Waals surface area contributed by atoms with Gasteiger partial charge in [-0.15, -0.1) is 0 Å². The van der Waals surface area contributed by atoms with Gasteiger partial charge in [-0.1, -0.05) is 24.6 Å². The number of hydrogen-bond acceptors (Lipinski definition) is 3. The van der Waals surface area contributed by atoms with Crippen molar-refractivity contribution < 1.29 is 4.79 Å². The molecule has 4 N–H and O–H groups in total. The highest BCUT2D eigenvalue weighted by Crippen LogP contribution is 2.30. The number of nitrogens with zero attached hydrogens (tertiary/aromatic N) is 1. The van der Waals surface area contributed by atoms with Crippen molar-refractivity contribution in [1.29, 1.82) is 0 Å². The summed E-state index contributed by atoms with van der Waals surface area (Å²) in [6.45, 7) is 3.74. The van der Waals surface area contributed by atoms with Crippen LogP contribution in [0.2, 0.25) is 5.02 Å². The number of primary amides is 1. The molecule has 1 aliphatic heterocycles. The lowest BCUT2D eigenvalue weighted by Gasteiger charge is -2.37. The second kappa shape index (κ2) is 5.16. The van der Waals surface area contributed by atoms with Crippen molar-refractivity contribution in [3.63, 3.8) is 0 Å². The van der Waals surface area contributed by atoms with E-state index in [4.69, 9.17) is 23.1 Å². The number of anilines is 1. The maximum Gasteiger partial charge on any atom is 0.252 e. The van der Waals surface area contributed by atoms with Crippen molar-refractivity contribution in [1.82, 2.24) is 0 Å². The zero-order valence-electron chi connectivity index (χ0n) is 10.4. The molecule has 1 aromatic carbocycles. The fourth-order valence-corrected chi connectivity index (χ4v) is 2.60. The largest absolute Gasteiger partial charge is 0.369 e. The second-order valence-corrected chi connectivity index (χ2v) is 5.28. The molecule has 0 aliphatic carbocycles. The van der Waals surface area contributed by atoms with E-state index in [1.807, 2.05) is 12.1 Å². The maximum atomic E-state index is 11.5. The molecular formula is C13H18ClN3O. The van der Waals surface area contributed by atoms with Crippen molar-refractivity contribution in [2.24, 2.45) is 17.4 Å². The first-order valence-electron chi connectivity index (χ1n) is 6.09. The van der Waals surface area contributed by atoms with Crippen molar-refractivity contribution in [2.75, 3.05) is 18.0 Å². The highest BCUT2D eigenvalue weighted by Gasteiger charge is 2.26. The molecule has 0 radical (unpaired) electrons. The number of carbonyl (C=O) groups is 1. The maximum absolute atomic E-state index is 11.5. The van der Waals surface area contributed by atoms with Crippen LogP contribution < -0.4 is 16.4 Å². The highest BCUT2D eigenvalue weighted by atomic mass is 35.5. The zero-order chi connectivity index (χ0) is 13.3. The van der Waals surface area contributed by atoms with Gasteiger partial charge in [-0.3, -0.25) is 4.79 Å². The molecule has 2 rings (SSSR count). The van der Waals surface area contributed by atoms with E-state index in [9.17, 15) is 4.79 Å². The lowest BCUT2D eigenvalue weighted by molar-refractivity contribution is 0.100. The first-order valence-corrected chi connectivity index (χ1v) is 6.47. The van der Waals surface area contributed by atoms with Gasteiger partial charge < -0.3 is 16.4 Å². The lowest BCUT2D eigenvalue weighted by atomic mass is 9.93. The summed E-state index contributed by atoms with van der Waals surface area (Å²) in [5, 5.41) is 0.396. The Kier molecular flexibility index (Phi) is 3.78. The summed E-state index contributed by atoms with van der Waals surface area (Å²) < 4.78 is 0. The van der Waals surface area contributed by atoms with E-state index in [-0.39, 0.29) is 6.04 Å². The molecule has 1 aliphatic rings. The monoisotopic (exact) mass is 267 g/mol. The number of benzene rings is 1. The van der Waals surface area contributed by atoms with Crippen molar-refractivity contribution in [2.45, 2.75) is 19.4 Å². The Bertz CT molecular complexity index is 464. The van der Waals surface area contributed by atoms with Crippen LogP contribution in [0.3, 0.4) is 0 Å². The van der Waals surface area contributed by atoms with Crippen LogP contribution in [0.5, 0.6) is 0 Å². The quantitative estimate of drug-likeness (QED) is 0.855.